The van der Waals surface area contributed by atoms with Gasteiger partial charge >= 0.3 is 10.4 Å². The van der Waals surface area contributed by atoms with Gasteiger partial charge in [0.25, 0.3) is 0 Å². The van der Waals surface area contributed by atoms with Crippen LogP contribution in [0.4, 0.5) is 0 Å². The molecule has 23 heavy (non-hydrogen) atoms. The Morgan fingerprint density at radius 3 is 2.78 bits per heavy atom. The molecule has 1 N–H and O–H groups in total. The Hall–Kier alpha value is -1.25. The van der Waals surface area contributed by atoms with E-state index in [2.05, 4.69) is 11.1 Å². The van der Waals surface area contributed by atoms with Crippen LogP contribution >= 0.6 is 0 Å². The molecule has 0 bridgehead atoms. The number of rotatable bonds is 8. The second-order valence-corrected chi connectivity index (χ2v) is 6.46. The average Bonchev–Trinajstić information content (AvgIpc) is 2.99. The summed E-state index contributed by atoms with van der Waals surface area (Å²) in [6, 6.07) is 9.87. The third kappa shape index (κ3) is 6.40. The molecule has 1 aliphatic rings. The van der Waals surface area contributed by atoms with Crippen molar-refractivity contribution in [3.8, 4) is 0 Å². The SMILES string of the molecule is CCCC/C(=C/c1ccccc1)C1OCC(COS(=O)(=O)O)O1. The minimum atomic E-state index is -4.46. The van der Waals surface area contributed by atoms with Gasteiger partial charge in [0.15, 0.2) is 6.29 Å². The first-order chi connectivity index (χ1) is 11.0. The predicted molar refractivity (Wildman–Crippen MR) is 86.1 cm³/mol. The summed E-state index contributed by atoms with van der Waals surface area (Å²) in [6.07, 6.45) is 3.88. The van der Waals surface area contributed by atoms with Crippen LogP contribution in [0.15, 0.2) is 35.9 Å². The standard InChI is InChI=1S/C16H22O6S/c1-2-3-9-14(10-13-7-5-4-6-8-13)16-20-11-15(22-16)12-21-23(17,18)19/h4-8,10,15-16H,2-3,9,11-12H2,1H3,(H,17,18,19)/b14-10-. The third-order valence-electron chi connectivity index (χ3n) is 3.43. The fourth-order valence-corrected chi connectivity index (χ4v) is 2.62. The predicted octanol–water partition coefficient (Wildman–Crippen LogP) is 2.82. The van der Waals surface area contributed by atoms with E-state index < -0.39 is 22.8 Å². The van der Waals surface area contributed by atoms with Crippen LogP contribution in [-0.2, 0) is 24.1 Å². The molecule has 2 rings (SSSR count). The maximum Gasteiger partial charge on any atom is 0.397 e. The first-order valence-corrected chi connectivity index (χ1v) is 8.99. The second-order valence-electron chi connectivity index (χ2n) is 5.37. The molecule has 128 valence electrons. The molecule has 1 heterocycles. The maximum atomic E-state index is 10.6. The lowest BCUT2D eigenvalue weighted by atomic mass is 10.0. The Morgan fingerprint density at radius 1 is 1.39 bits per heavy atom. The number of hydrogen-bond donors (Lipinski definition) is 1. The van der Waals surface area contributed by atoms with Gasteiger partial charge in [0.2, 0.25) is 0 Å². The summed E-state index contributed by atoms with van der Waals surface area (Å²) in [6.45, 7) is 2.07. The van der Waals surface area contributed by atoms with Crippen molar-refractivity contribution in [1.29, 1.82) is 0 Å². The van der Waals surface area contributed by atoms with Crippen molar-refractivity contribution >= 4 is 16.5 Å². The molecule has 7 heteroatoms. The van der Waals surface area contributed by atoms with E-state index in [0.717, 1.165) is 30.4 Å². The van der Waals surface area contributed by atoms with E-state index in [9.17, 15) is 8.42 Å². The molecule has 1 aromatic carbocycles. The zero-order chi connectivity index (χ0) is 16.7. The van der Waals surface area contributed by atoms with Crippen LogP contribution in [0.5, 0.6) is 0 Å². The third-order valence-corrected chi connectivity index (χ3v) is 3.86. The van der Waals surface area contributed by atoms with Gasteiger partial charge in [-0.2, -0.15) is 8.42 Å². The van der Waals surface area contributed by atoms with Crippen LogP contribution in [0, 0.1) is 0 Å². The van der Waals surface area contributed by atoms with Crippen LogP contribution in [0.25, 0.3) is 6.08 Å². The van der Waals surface area contributed by atoms with Crippen molar-refractivity contribution in [2.75, 3.05) is 13.2 Å². The van der Waals surface area contributed by atoms with E-state index in [1.807, 2.05) is 36.4 Å². The monoisotopic (exact) mass is 342 g/mol. The van der Waals surface area contributed by atoms with Crippen molar-refractivity contribution in [2.45, 2.75) is 38.6 Å². The van der Waals surface area contributed by atoms with Gasteiger partial charge in [-0.15, -0.1) is 0 Å². The molecule has 0 amide bonds. The quantitative estimate of drug-likeness (QED) is 0.732. The molecule has 6 nitrogen and oxygen atoms in total. The Bertz CT molecular complexity index is 611. The van der Waals surface area contributed by atoms with Crippen LogP contribution in [0.2, 0.25) is 0 Å². The highest BCUT2D eigenvalue weighted by atomic mass is 32.3. The molecule has 0 aliphatic carbocycles. The molecule has 1 fully saturated rings. The zero-order valence-corrected chi connectivity index (χ0v) is 13.9. The summed E-state index contributed by atoms with van der Waals surface area (Å²) in [4.78, 5) is 0. The van der Waals surface area contributed by atoms with Gasteiger partial charge in [-0.3, -0.25) is 4.55 Å². The molecule has 0 saturated carbocycles. The molecule has 1 aromatic rings. The molecular formula is C16H22O6S. The highest BCUT2D eigenvalue weighted by Crippen LogP contribution is 2.25. The lowest BCUT2D eigenvalue weighted by molar-refractivity contribution is -0.0375. The van der Waals surface area contributed by atoms with Crippen LogP contribution in [0.1, 0.15) is 31.7 Å². The number of ether oxygens (including phenoxy) is 2. The van der Waals surface area contributed by atoms with Crippen LogP contribution < -0.4 is 0 Å². The van der Waals surface area contributed by atoms with Crippen molar-refractivity contribution in [2.24, 2.45) is 0 Å². The lowest BCUT2D eigenvalue weighted by Gasteiger charge is -2.15. The van der Waals surface area contributed by atoms with E-state index in [1.54, 1.807) is 0 Å². The minimum absolute atomic E-state index is 0.221. The van der Waals surface area contributed by atoms with Crippen molar-refractivity contribution in [3.05, 3.63) is 41.5 Å². The van der Waals surface area contributed by atoms with Crippen molar-refractivity contribution in [1.82, 2.24) is 0 Å². The minimum Gasteiger partial charge on any atom is -0.346 e. The van der Waals surface area contributed by atoms with E-state index in [4.69, 9.17) is 14.0 Å². The van der Waals surface area contributed by atoms with Crippen LogP contribution in [0.3, 0.4) is 0 Å². The van der Waals surface area contributed by atoms with E-state index >= 15 is 0 Å². The summed E-state index contributed by atoms with van der Waals surface area (Å²) < 4.78 is 45.5. The number of unbranched alkanes of at least 4 members (excludes halogenated alkanes) is 1. The van der Waals surface area contributed by atoms with Crippen molar-refractivity contribution in [3.63, 3.8) is 0 Å². The molecular weight excluding hydrogens is 320 g/mol. The second kappa shape index (κ2) is 8.56. The van der Waals surface area contributed by atoms with E-state index in [1.165, 1.54) is 0 Å². The van der Waals surface area contributed by atoms with Gasteiger partial charge in [0, 0.05) is 0 Å². The Kier molecular flexibility index (Phi) is 6.73. The number of benzene rings is 1. The maximum absolute atomic E-state index is 10.6. The zero-order valence-electron chi connectivity index (χ0n) is 13.1. The molecule has 0 radical (unpaired) electrons. The normalized spacial score (nSPS) is 22.4. The van der Waals surface area contributed by atoms with Gasteiger partial charge in [0.1, 0.15) is 6.10 Å². The Labute approximate surface area is 137 Å². The topological polar surface area (TPSA) is 82.1 Å². The molecule has 1 saturated heterocycles. The molecule has 1 aliphatic heterocycles. The van der Waals surface area contributed by atoms with Gasteiger partial charge in [-0.05, 0) is 24.0 Å². The van der Waals surface area contributed by atoms with E-state index in [0.29, 0.717) is 0 Å². The fraction of sp³-hybridized carbons (Fsp3) is 0.500. The fourth-order valence-electron chi connectivity index (χ4n) is 2.29. The van der Waals surface area contributed by atoms with Gasteiger partial charge in [-0.1, -0.05) is 49.8 Å². The van der Waals surface area contributed by atoms with Gasteiger partial charge < -0.3 is 9.47 Å². The smallest absolute Gasteiger partial charge is 0.346 e. The summed E-state index contributed by atoms with van der Waals surface area (Å²) in [5, 5.41) is 0. The average molecular weight is 342 g/mol. The van der Waals surface area contributed by atoms with Gasteiger partial charge in [-0.25, -0.2) is 4.18 Å². The highest BCUT2D eigenvalue weighted by Gasteiger charge is 2.29. The molecule has 2 atom stereocenters. The number of hydrogen-bond acceptors (Lipinski definition) is 5. The summed E-state index contributed by atoms with van der Waals surface area (Å²) in [7, 11) is -4.46. The molecule has 0 aromatic heterocycles. The summed E-state index contributed by atoms with van der Waals surface area (Å²) >= 11 is 0. The largest absolute Gasteiger partial charge is 0.397 e. The summed E-state index contributed by atoms with van der Waals surface area (Å²) in [5.74, 6) is 0. The summed E-state index contributed by atoms with van der Waals surface area (Å²) in [5.41, 5.74) is 2.07. The Morgan fingerprint density at radius 2 is 2.13 bits per heavy atom. The van der Waals surface area contributed by atoms with E-state index in [-0.39, 0.29) is 13.2 Å². The van der Waals surface area contributed by atoms with Crippen LogP contribution in [-0.4, -0.2) is 38.6 Å². The van der Waals surface area contributed by atoms with Crippen molar-refractivity contribution < 1.29 is 26.6 Å². The Balaban J connectivity index is 2.01. The first-order valence-electron chi connectivity index (χ1n) is 7.62. The highest BCUT2D eigenvalue weighted by molar-refractivity contribution is 7.80. The first kappa shape index (κ1) is 18.1. The van der Waals surface area contributed by atoms with Gasteiger partial charge in [0.05, 0.1) is 13.2 Å². The molecule has 2 unspecified atom stereocenters. The lowest BCUT2D eigenvalue weighted by Crippen LogP contribution is -2.22. The molecule has 0 spiro atoms.